The molecule has 0 aromatic rings. The molecule has 0 aromatic heterocycles. The molecule has 1 atom stereocenters. The van der Waals surface area contributed by atoms with Crippen LogP contribution in [0.25, 0.3) is 0 Å². The highest BCUT2D eigenvalue weighted by molar-refractivity contribution is 7.99. The molecule has 0 aliphatic rings. The Kier molecular flexibility index (Phi) is 12.8. The Balaban J connectivity index is 3.71. The lowest BCUT2D eigenvalue weighted by molar-refractivity contribution is -0.123. The lowest BCUT2D eigenvalue weighted by atomic mass is 10.3. The number of nitrogens with one attached hydrogen (secondary N) is 3. The van der Waals surface area contributed by atoms with Gasteiger partial charge in [-0.1, -0.05) is 13.8 Å². The van der Waals surface area contributed by atoms with Crippen molar-refractivity contribution in [3.8, 4) is 0 Å². The average molecular weight is 375 g/mol. The fourth-order valence-corrected chi connectivity index (χ4v) is 2.42. The lowest BCUT2D eigenvalue weighted by Gasteiger charge is -2.13. The van der Waals surface area contributed by atoms with Gasteiger partial charge in [0.1, 0.15) is 5.78 Å². The summed E-state index contributed by atoms with van der Waals surface area (Å²) in [6, 6.07) is -0.589. The van der Waals surface area contributed by atoms with Crippen molar-refractivity contribution < 1.29 is 19.2 Å². The molecule has 0 fully saturated rings. The Morgan fingerprint density at radius 3 is 1.84 bits per heavy atom. The first-order valence-corrected chi connectivity index (χ1v) is 9.45. The van der Waals surface area contributed by atoms with Gasteiger partial charge >= 0.3 is 0 Å². The van der Waals surface area contributed by atoms with Crippen molar-refractivity contribution in [3.05, 3.63) is 0 Å². The fraction of sp³-hybridized carbons (Fsp3) is 0.750. The van der Waals surface area contributed by atoms with Crippen LogP contribution < -0.4 is 21.7 Å². The predicted molar refractivity (Wildman–Crippen MR) is 99.1 cm³/mol. The first kappa shape index (κ1) is 23.4. The summed E-state index contributed by atoms with van der Waals surface area (Å²) >= 11 is 1.61. The molecule has 9 heteroatoms. The Morgan fingerprint density at radius 1 is 0.880 bits per heavy atom. The minimum absolute atomic E-state index is 0.0122. The Morgan fingerprint density at radius 2 is 1.36 bits per heavy atom. The Bertz CT molecular complexity index is 457. The van der Waals surface area contributed by atoms with Gasteiger partial charge in [-0.2, -0.15) is 11.8 Å². The Labute approximate surface area is 153 Å². The van der Waals surface area contributed by atoms with E-state index in [1.54, 1.807) is 11.8 Å². The van der Waals surface area contributed by atoms with Crippen molar-refractivity contribution in [2.45, 2.75) is 51.3 Å². The van der Waals surface area contributed by atoms with Gasteiger partial charge in [0.05, 0.1) is 6.04 Å². The highest BCUT2D eigenvalue weighted by atomic mass is 32.2. The highest BCUT2D eigenvalue weighted by Gasteiger charge is 2.14. The van der Waals surface area contributed by atoms with Crippen molar-refractivity contribution in [2.24, 2.45) is 5.73 Å². The van der Waals surface area contributed by atoms with Gasteiger partial charge in [-0.25, -0.2) is 0 Å². The fourth-order valence-electron chi connectivity index (χ4n) is 1.67. The second-order valence-electron chi connectivity index (χ2n) is 5.93. The number of carbonyl (C=O) groups excluding carboxylic acids is 4. The summed E-state index contributed by atoms with van der Waals surface area (Å²) in [7, 11) is 0. The number of rotatable bonds is 13. The van der Waals surface area contributed by atoms with Crippen LogP contribution in [0.3, 0.4) is 0 Å². The largest absolute Gasteiger partial charge is 0.356 e. The molecule has 0 unspecified atom stereocenters. The molecule has 0 aromatic carbocycles. The maximum Gasteiger partial charge on any atom is 0.237 e. The van der Waals surface area contributed by atoms with Crippen LogP contribution in [0.15, 0.2) is 0 Å². The summed E-state index contributed by atoms with van der Waals surface area (Å²) in [4.78, 5) is 45.5. The number of ketones is 1. The van der Waals surface area contributed by atoms with Gasteiger partial charge in [0.25, 0.3) is 0 Å². The molecule has 0 spiro atoms. The molecule has 0 saturated heterocycles. The zero-order valence-corrected chi connectivity index (χ0v) is 16.0. The van der Waals surface area contributed by atoms with Crippen molar-refractivity contribution in [2.75, 3.05) is 25.4 Å². The van der Waals surface area contributed by atoms with E-state index in [0.717, 1.165) is 0 Å². The zero-order valence-electron chi connectivity index (χ0n) is 15.2. The van der Waals surface area contributed by atoms with Crippen molar-refractivity contribution in [3.63, 3.8) is 0 Å². The molecule has 144 valence electrons. The van der Waals surface area contributed by atoms with E-state index >= 15 is 0 Å². The molecular formula is C16H30N4O4S. The van der Waals surface area contributed by atoms with E-state index in [-0.39, 0.29) is 49.4 Å². The monoisotopic (exact) mass is 374 g/mol. The van der Waals surface area contributed by atoms with Gasteiger partial charge in [0, 0.05) is 44.6 Å². The molecule has 0 aliphatic carbocycles. The molecule has 25 heavy (non-hydrogen) atoms. The molecule has 3 amide bonds. The van der Waals surface area contributed by atoms with Gasteiger partial charge in [0.15, 0.2) is 0 Å². The van der Waals surface area contributed by atoms with Crippen LogP contribution in [0.4, 0.5) is 0 Å². The van der Waals surface area contributed by atoms with Gasteiger partial charge in [-0.15, -0.1) is 0 Å². The zero-order chi connectivity index (χ0) is 19.2. The topological polar surface area (TPSA) is 130 Å². The maximum absolute atomic E-state index is 11.7. The average Bonchev–Trinajstić information content (AvgIpc) is 2.51. The quantitative estimate of drug-likeness (QED) is 0.346. The van der Waals surface area contributed by atoms with Crippen molar-refractivity contribution >= 4 is 35.3 Å². The molecule has 8 nitrogen and oxygen atoms in total. The summed E-state index contributed by atoms with van der Waals surface area (Å²) in [6.07, 6.45) is 0.574. The molecule has 0 heterocycles. The minimum atomic E-state index is -0.589. The van der Waals surface area contributed by atoms with E-state index < -0.39 is 6.04 Å². The van der Waals surface area contributed by atoms with E-state index in [0.29, 0.717) is 24.0 Å². The van der Waals surface area contributed by atoms with Crippen LogP contribution in [-0.2, 0) is 19.2 Å². The third-order valence-corrected chi connectivity index (χ3v) is 4.29. The van der Waals surface area contributed by atoms with E-state index in [9.17, 15) is 19.2 Å². The standard InChI is InChI=1S/C16H30N4O4S/c1-11(2)25-10-13(17)16(24)20-9-6-15(23)19-8-5-14(22)18-7-4-12(3)21/h11,13H,4-10,17H2,1-3H3,(H,18,22)(H,19,23)(H,20,24)/t13-/m1/s1. The summed E-state index contributed by atoms with van der Waals surface area (Å²) in [5.74, 6) is -0.191. The number of thioether (sulfide) groups is 1. The van der Waals surface area contributed by atoms with Crippen molar-refractivity contribution in [1.29, 1.82) is 0 Å². The van der Waals surface area contributed by atoms with Crippen LogP contribution in [0, 0.1) is 0 Å². The normalized spacial score (nSPS) is 11.7. The lowest BCUT2D eigenvalue weighted by Crippen LogP contribution is -2.43. The molecule has 0 aliphatic heterocycles. The van der Waals surface area contributed by atoms with E-state index in [2.05, 4.69) is 16.0 Å². The van der Waals surface area contributed by atoms with Crippen molar-refractivity contribution in [1.82, 2.24) is 16.0 Å². The van der Waals surface area contributed by atoms with E-state index in [4.69, 9.17) is 5.73 Å². The summed E-state index contributed by atoms with van der Waals surface area (Å²) < 4.78 is 0. The summed E-state index contributed by atoms with van der Waals surface area (Å²) in [5.41, 5.74) is 5.76. The number of carbonyl (C=O) groups is 4. The minimum Gasteiger partial charge on any atom is -0.356 e. The van der Waals surface area contributed by atoms with Gasteiger partial charge < -0.3 is 21.7 Å². The molecule has 5 N–H and O–H groups in total. The van der Waals surface area contributed by atoms with Crippen LogP contribution >= 0.6 is 11.8 Å². The number of Topliss-reactive ketones (excluding diaryl/α,β-unsaturated/α-hetero) is 1. The number of hydrogen-bond acceptors (Lipinski definition) is 6. The second-order valence-corrected chi connectivity index (χ2v) is 7.54. The molecular weight excluding hydrogens is 344 g/mol. The second kappa shape index (κ2) is 13.7. The SMILES string of the molecule is CC(=O)CCNC(=O)CCNC(=O)CCNC(=O)[C@H](N)CSC(C)C. The highest BCUT2D eigenvalue weighted by Crippen LogP contribution is 2.09. The summed E-state index contributed by atoms with van der Waals surface area (Å²) in [6.45, 7) is 6.25. The molecule has 0 bridgehead atoms. The smallest absolute Gasteiger partial charge is 0.237 e. The Hall–Kier alpha value is -1.61. The molecule has 0 radical (unpaired) electrons. The number of amides is 3. The third kappa shape index (κ3) is 14.4. The van der Waals surface area contributed by atoms with Gasteiger partial charge in [-0.05, 0) is 12.2 Å². The third-order valence-electron chi connectivity index (χ3n) is 3.07. The van der Waals surface area contributed by atoms with Crippen LogP contribution in [-0.4, -0.2) is 60.2 Å². The molecule has 0 rings (SSSR count). The predicted octanol–water partition coefficient (Wildman–Crippen LogP) is -0.437. The van der Waals surface area contributed by atoms with E-state index in [1.165, 1.54) is 6.92 Å². The van der Waals surface area contributed by atoms with Gasteiger partial charge in [0.2, 0.25) is 17.7 Å². The number of hydrogen-bond donors (Lipinski definition) is 4. The van der Waals surface area contributed by atoms with E-state index in [1.807, 2.05) is 13.8 Å². The van der Waals surface area contributed by atoms with Crippen LogP contribution in [0.1, 0.15) is 40.0 Å². The van der Waals surface area contributed by atoms with Gasteiger partial charge in [-0.3, -0.25) is 19.2 Å². The summed E-state index contributed by atoms with van der Waals surface area (Å²) in [5, 5.41) is 8.23. The maximum atomic E-state index is 11.7. The number of nitrogens with two attached hydrogens (primary N) is 1. The van der Waals surface area contributed by atoms with Crippen LogP contribution in [0.5, 0.6) is 0 Å². The first-order chi connectivity index (χ1) is 11.7. The first-order valence-electron chi connectivity index (χ1n) is 8.40. The van der Waals surface area contributed by atoms with Crippen LogP contribution in [0.2, 0.25) is 0 Å². The molecule has 0 saturated carbocycles.